The molecular weight excluding hydrogens is 388 g/mol. The van der Waals surface area contributed by atoms with Gasteiger partial charge in [0.05, 0.1) is 16.5 Å². The molecule has 3 aromatic rings. The van der Waals surface area contributed by atoms with E-state index in [-0.39, 0.29) is 10.5 Å². The number of benzene rings is 3. The number of nitrogens with one attached hydrogen (secondary N) is 1. The van der Waals surface area contributed by atoms with Crippen molar-refractivity contribution in [3.63, 3.8) is 0 Å². The Hall–Kier alpha value is -3.63. The number of carbonyl (C=O) groups excluding carboxylic acids is 1. The molecule has 0 radical (unpaired) electrons. The lowest BCUT2D eigenvalue weighted by atomic mass is 10.1. The Kier molecular flexibility index (Phi) is 5.66. The molecule has 0 aliphatic heterocycles. The summed E-state index contributed by atoms with van der Waals surface area (Å²) in [5.74, 6) is 0.779. The van der Waals surface area contributed by atoms with Crippen LogP contribution in [-0.4, -0.2) is 20.6 Å². The minimum Gasteiger partial charge on any atom is -0.457 e. The first kappa shape index (κ1) is 20.1. The SMILES string of the molecule is Cc1cc(Oc2ccc(C#N)cc2)ccc1NC(=O)c1cccc(S(C)(=O)=O)c1. The monoisotopic (exact) mass is 406 g/mol. The van der Waals surface area contributed by atoms with Crippen LogP contribution >= 0.6 is 0 Å². The van der Waals surface area contributed by atoms with Crippen LogP contribution in [0.3, 0.4) is 0 Å². The number of ether oxygens (including phenoxy) is 1. The molecule has 6 nitrogen and oxygen atoms in total. The second kappa shape index (κ2) is 8.17. The van der Waals surface area contributed by atoms with Crippen LogP contribution in [0.15, 0.2) is 71.6 Å². The van der Waals surface area contributed by atoms with Crippen molar-refractivity contribution in [1.29, 1.82) is 5.26 Å². The third-order valence-corrected chi connectivity index (χ3v) is 5.30. The number of carbonyl (C=O) groups is 1. The zero-order valence-electron chi connectivity index (χ0n) is 15.8. The van der Waals surface area contributed by atoms with Crippen molar-refractivity contribution in [3.05, 3.63) is 83.4 Å². The van der Waals surface area contributed by atoms with Crippen LogP contribution in [-0.2, 0) is 9.84 Å². The predicted octanol–water partition coefficient (Wildman–Crippen LogP) is 4.31. The third-order valence-electron chi connectivity index (χ3n) is 4.19. The molecule has 0 heterocycles. The molecule has 7 heteroatoms. The van der Waals surface area contributed by atoms with E-state index in [0.29, 0.717) is 22.7 Å². The Balaban J connectivity index is 1.75. The Bertz CT molecular complexity index is 1210. The molecule has 0 bridgehead atoms. The summed E-state index contributed by atoms with van der Waals surface area (Å²) >= 11 is 0. The first-order valence-electron chi connectivity index (χ1n) is 8.66. The highest BCUT2D eigenvalue weighted by Gasteiger charge is 2.13. The topological polar surface area (TPSA) is 96.3 Å². The number of anilines is 1. The van der Waals surface area contributed by atoms with E-state index in [4.69, 9.17) is 10.00 Å². The molecule has 0 fully saturated rings. The van der Waals surface area contributed by atoms with Crippen molar-refractivity contribution in [2.75, 3.05) is 11.6 Å². The quantitative estimate of drug-likeness (QED) is 0.681. The summed E-state index contributed by atoms with van der Waals surface area (Å²) in [5.41, 5.74) is 2.17. The van der Waals surface area contributed by atoms with Crippen LogP contribution in [0.4, 0.5) is 5.69 Å². The van der Waals surface area contributed by atoms with E-state index in [1.54, 1.807) is 48.5 Å². The number of aryl methyl sites for hydroxylation is 1. The van der Waals surface area contributed by atoms with Crippen molar-refractivity contribution in [2.45, 2.75) is 11.8 Å². The molecule has 0 atom stereocenters. The van der Waals surface area contributed by atoms with Gasteiger partial charge in [-0.05, 0) is 73.2 Å². The van der Waals surface area contributed by atoms with Crippen LogP contribution in [0.1, 0.15) is 21.5 Å². The largest absolute Gasteiger partial charge is 0.457 e. The molecule has 0 aliphatic rings. The summed E-state index contributed by atoms with van der Waals surface area (Å²) in [5, 5.41) is 11.6. The standard InChI is InChI=1S/C22H18N2O4S/c1-15-12-19(28-18-8-6-16(14-23)7-9-18)10-11-21(15)24-22(25)17-4-3-5-20(13-17)29(2,26)27/h3-13H,1-2H3,(H,24,25). The lowest BCUT2D eigenvalue weighted by Gasteiger charge is -2.12. The Morgan fingerprint density at radius 2 is 1.69 bits per heavy atom. The number of sulfone groups is 1. The van der Waals surface area contributed by atoms with Gasteiger partial charge in [-0.25, -0.2) is 8.42 Å². The molecule has 146 valence electrons. The van der Waals surface area contributed by atoms with E-state index in [2.05, 4.69) is 5.32 Å². The van der Waals surface area contributed by atoms with Gasteiger partial charge in [0.15, 0.2) is 9.84 Å². The van der Waals surface area contributed by atoms with E-state index in [1.165, 1.54) is 18.2 Å². The van der Waals surface area contributed by atoms with E-state index in [0.717, 1.165) is 11.8 Å². The van der Waals surface area contributed by atoms with Gasteiger partial charge in [-0.2, -0.15) is 5.26 Å². The fraction of sp³-hybridized carbons (Fsp3) is 0.0909. The smallest absolute Gasteiger partial charge is 0.255 e. The molecule has 29 heavy (non-hydrogen) atoms. The van der Waals surface area contributed by atoms with Gasteiger partial charge < -0.3 is 10.1 Å². The third kappa shape index (κ3) is 5.00. The van der Waals surface area contributed by atoms with Gasteiger partial charge in [-0.15, -0.1) is 0 Å². The predicted molar refractivity (Wildman–Crippen MR) is 110 cm³/mol. The van der Waals surface area contributed by atoms with Crippen LogP contribution in [0.5, 0.6) is 11.5 Å². The second-order valence-electron chi connectivity index (χ2n) is 6.47. The summed E-state index contributed by atoms with van der Waals surface area (Å²) in [6.45, 7) is 1.83. The van der Waals surface area contributed by atoms with Gasteiger partial charge in [0.1, 0.15) is 11.5 Å². The maximum atomic E-state index is 12.5. The van der Waals surface area contributed by atoms with E-state index in [9.17, 15) is 13.2 Å². The number of hydrogen-bond donors (Lipinski definition) is 1. The number of rotatable bonds is 5. The number of nitrogens with zero attached hydrogens (tertiary/aromatic N) is 1. The van der Waals surface area contributed by atoms with Crippen molar-refractivity contribution < 1.29 is 17.9 Å². The minimum absolute atomic E-state index is 0.0908. The molecule has 3 rings (SSSR count). The Morgan fingerprint density at radius 3 is 2.31 bits per heavy atom. The average Bonchev–Trinajstić information content (AvgIpc) is 2.70. The van der Waals surface area contributed by atoms with Gasteiger partial charge in [0.25, 0.3) is 5.91 Å². The molecular formula is C22H18N2O4S. The van der Waals surface area contributed by atoms with Gasteiger partial charge in [-0.3, -0.25) is 4.79 Å². The van der Waals surface area contributed by atoms with Crippen LogP contribution < -0.4 is 10.1 Å². The minimum atomic E-state index is -3.39. The maximum absolute atomic E-state index is 12.5. The summed E-state index contributed by atoms with van der Waals surface area (Å²) in [7, 11) is -3.39. The molecule has 0 saturated carbocycles. The number of hydrogen-bond acceptors (Lipinski definition) is 5. The van der Waals surface area contributed by atoms with Gasteiger partial charge in [-0.1, -0.05) is 6.07 Å². The van der Waals surface area contributed by atoms with Gasteiger partial charge in [0, 0.05) is 17.5 Å². The van der Waals surface area contributed by atoms with E-state index < -0.39 is 15.7 Å². The van der Waals surface area contributed by atoms with Gasteiger partial charge >= 0.3 is 0 Å². The summed E-state index contributed by atoms with van der Waals surface area (Å²) in [6, 6.07) is 19.9. The fourth-order valence-electron chi connectivity index (χ4n) is 2.64. The highest BCUT2D eigenvalue weighted by atomic mass is 32.2. The molecule has 0 aliphatic carbocycles. The fourth-order valence-corrected chi connectivity index (χ4v) is 3.30. The molecule has 0 saturated heterocycles. The lowest BCUT2D eigenvalue weighted by molar-refractivity contribution is 0.102. The maximum Gasteiger partial charge on any atom is 0.255 e. The normalized spacial score (nSPS) is 10.8. The zero-order chi connectivity index (χ0) is 21.0. The Labute approximate surface area is 169 Å². The molecule has 0 spiro atoms. The summed E-state index contributed by atoms with van der Waals surface area (Å²) in [4.78, 5) is 12.6. The average molecular weight is 406 g/mol. The zero-order valence-corrected chi connectivity index (χ0v) is 16.7. The number of amides is 1. The first-order valence-corrected chi connectivity index (χ1v) is 10.6. The van der Waals surface area contributed by atoms with Crippen molar-refractivity contribution in [1.82, 2.24) is 0 Å². The summed E-state index contributed by atoms with van der Waals surface area (Å²) < 4.78 is 29.1. The highest BCUT2D eigenvalue weighted by Crippen LogP contribution is 2.26. The highest BCUT2D eigenvalue weighted by molar-refractivity contribution is 7.90. The van der Waals surface area contributed by atoms with Crippen LogP contribution in [0, 0.1) is 18.3 Å². The van der Waals surface area contributed by atoms with Crippen molar-refractivity contribution in [3.8, 4) is 17.6 Å². The number of nitriles is 1. The van der Waals surface area contributed by atoms with Crippen LogP contribution in [0.25, 0.3) is 0 Å². The molecule has 3 aromatic carbocycles. The second-order valence-corrected chi connectivity index (χ2v) is 8.48. The Morgan fingerprint density at radius 1 is 1.00 bits per heavy atom. The van der Waals surface area contributed by atoms with Crippen LogP contribution in [0.2, 0.25) is 0 Å². The molecule has 0 unspecified atom stereocenters. The molecule has 0 aromatic heterocycles. The lowest BCUT2D eigenvalue weighted by Crippen LogP contribution is -2.13. The summed E-state index contributed by atoms with van der Waals surface area (Å²) in [6.07, 6.45) is 1.10. The van der Waals surface area contributed by atoms with Gasteiger partial charge in [0.2, 0.25) is 0 Å². The molecule has 1 amide bonds. The van der Waals surface area contributed by atoms with E-state index in [1.807, 2.05) is 13.0 Å². The molecule has 1 N–H and O–H groups in total. The van der Waals surface area contributed by atoms with Crippen molar-refractivity contribution in [2.24, 2.45) is 0 Å². The van der Waals surface area contributed by atoms with E-state index >= 15 is 0 Å². The van der Waals surface area contributed by atoms with Crippen molar-refractivity contribution >= 4 is 21.4 Å². The first-order chi connectivity index (χ1) is 13.8.